The Bertz CT molecular complexity index is 451. The van der Waals surface area contributed by atoms with Crippen molar-refractivity contribution in [2.75, 3.05) is 26.4 Å². The minimum atomic E-state index is -0.157. The molecule has 0 amide bonds. The first-order valence-corrected chi connectivity index (χ1v) is 17.9. The minimum absolute atomic E-state index is 0.136. The van der Waals surface area contributed by atoms with Crippen LogP contribution in [0.25, 0.3) is 0 Å². The predicted octanol–water partition coefficient (Wildman–Crippen LogP) is 12.0. The molecule has 1 atom stereocenters. The fourth-order valence-electron chi connectivity index (χ4n) is 5.62. The second-order valence-electron chi connectivity index (χ2n) is 12.7. The number of hydrogen-bond acceptors (Lipinski definition) is 3. The molecule has 0 fully saturated rings. The molecule has 0 aliphatic rings. The molecule has 39 heavy (non-hydrogen) atoms. The molecule has 0 aromatic heterocycles. The van der Waals surface area contributed by atoms with Crippen molar-refractivity contribution in [3.63, 3.8) is 0 Å². The summed E-state index contributed by atoms with van der Waals surface area (Å²) in [5, 5.41) is 0. The number of rotatable bonds is 33. The summed E-state index contributed by atoms with van der Waals surface area (Å²) < 4.78 is 18.4. The maximum atomic E-state index is 6.32. The topological polar surface area (TPSA) is 27.7 Å². The summed E-state index contributed by atoms with van der Waals surface area (Å²) in [7, 11) is 0. The standard InChI is InChI=1S/C36H74O3/c1-6-9-11-13-15-17-19-21-23-25-27-29-31-37-34-35(33-36(4,5)39-8-3)38-32-30-28-26-24-22-20-18-16-14-12-10-7-2/h35H,6-34H2,1-5H3. The molecule has 0 aliphatic heterocycles. The van der Waals surface area contributed by atoms with E-state index in [2.05, 4.69) is 34.6 Å². The molecule has 0 aromatic rings. The summed E-state index contributed by atoms with van der Waals surface area (Å²) in [6.07, 6.45) is 34.2. The van der Waals surface area contributed by atoms with Crippen LogP contribution in [0.4, 0.5) is 0 Å². The smallest absolute Gasteiger partial charge is 0.0835 e. The van der Waals surface area contributed by atoms with Crippen LogP contribution in [-0.4, -0.2) is 38.1 Å². The van der Waals surface area contributed by atoms with Crippen molar-refractivity contribution in [3.8, 4) is 0 Å². The van der Waals surface area contributed by atoms with Crippen LogP contribution in [0.3, 0.4) is 0 Å². The van der Waals surface area contributed by atoms with Crippen LogP contribution in [0.15, 0.2) is 0 Å². The second-order valence-corrected chi connectivity index (χ2v) is 12.7. The van der Waals surface area contributed by atoms with Crippen LogP contribution >= 0.6 is 0 Å². The lowest BCUT2D eigenvalue weighted by Gasteiger charge is -2.29. The Morgan fingerprint density at radius 2 is 0.821 bits per heavy atom. The molecule has 3 nitrogen and oxygen atoms in total. The Labute approximate surface area is 247 Å². The van der Waals surface area contributed by atoms with Crippen molar-refractivity contribution < 1.29 is 14.2 Å². The van der Waals surface area contributed by atoms with E-state index in [0.717, 1.165) is 26.2 Å². The van der Waals surface area contributed by atoms with Crippen LogP contribution in [0.5, 0.6) is 0 Å². The van der Waals surface area contributed by atoms with Crippen molar-refractivity contribution in [2.45, 2.75) is 207 Å². The lowest BCUT2D eigenvalue weighted by atomic mass is 10.0. The molecule has 0 spiro atoms. The van der Waals surface area contributed by atoms with E-state index < -0.39 is 0 Å². The molecule has 0 radical (unpaired) electrons. The molecule has 0 saturated carbocycles. The Kier molecular flexibility index (Phi) is 30.7. The Hall–Kier alpha value is -0.120. The average molecular weight is 555 g/mol. The molecule has 0 aromatic carbocycles. The van der Waals surface area contributed by atoms with Crippen molar-refractivity contribution in [2.24, 2.45) is 0 Å². The third-order valence-corrected chi connectivity index (χ3v) is 8.05. The molecule has 236 valence electrons. The van der Waals surface area contributed by atoms with E-state index in [9.17, 15) is 0 Å². The third kappa shape index (κ3) is 30.7. The first-order chi connectivity index (χ1) is 19.1. The van der Waals surface area contributed by atoms with E-state index in [1.54, 1.807) is 0 Å². The van der Waals surface area contributed by atoms with E-state index in [1.807, 2.05) is 0 Å². The van der Waals surface area contributed by atoms with Crippen LogP contribution in [0.2, 0.25) is 0 Å². The molecule has 0 bridgehead atoms. The number of hydrogen-bond donors (Lipinski definition) is 0. The van der Waals surface area contributed by atoms with Gasteiger partial charge >= 0.3 is 0 Å². The van der Waals surface area contributed by atoms with Crippen molar-refractivity contribution in [3.05, 3.63) is 0 Å². The lowest BCUT2D eigenvalue weighted by molar-refractivity contribution is -0.0847. The molecule has 3 heteroatoms. The highest BCUT2D eigenvalue weighted by Crippen LogP contribution is 2.20. The van der Waals surface area contributed by atoms with Crippen molar-refractivity contribution in [1.82, 2.24) is 0 Å². The van der Waals surface area contributed by atoms with Gasteiger partial charge in [-0.3, -0.25) is 0 Å². The maximum Gasteiger partial charge on any atom is 0.0835 e. The fourth-order valence-corrected chi connectivity index (χ4v) is 5.62. The van der Waals surface area contributed by atoms with Gasteiger partial charge < -0.3 is 14.2 Å². The Balaban J connectivity index is 3.81. The zero-order valence-corrected chi connectivity index (χ0v) is 27.8. The van der Waals surface area contributed by atoms with Gasteiger partial charge in [0.25, 0.3) is 0 Å². The van der Waals surface area contributed by atoms with Gasteiger partial charge in [-0.25, -0.2) is 0 Å². The summed E-state index contributed by atoms with van der Waals surface area (Å²) in [4.78, 5) is 0. The third-order valence-electron chi connectivity index (χ3n) is 8.05. The average Bonchev–Trinajstić information content (AvgIpc) is 2.91. The van der Waals surface area contributed by atoms with Gasteiger partial charge in [-0.2, -0.15) is 0 Å². The first-order valence-electron chi connectivity index (χ1n) is 17.9. The SMILES string of the molecule is CCCCCCCCCCCCCCOCC(CC(C)(C)OCC)OCCCCCCCCCCCCCC. The van der Waals surface area contributed by atoms with Gasteiger partial charge in [0.1, 0.15) is 0 Å². The summed E-state index contributed by atoms with van der Waals surface area (Å²) in [5.41, 5.74) is -0.157. The van der Waals surface area contributed by atoms with Gasteiger partial charge in [0.15, 0.2) is 0 Å². The lowest BCUT2D eigenvalue weighted by Crippen LogP contribution is -2.34. The molecule has 0 saturated heterocycles. The molecule has 0 rings (SSSR count). The van der Waals surface area contributed by atoms with Crippen molar-refractivity contribution >= 4 is 0 Å². The molecular weight excluding hydrogens is 480 g/mol. The highest BCUT2D eigenvalue weighted by Gasteiger charge is 2.24. The van der Waals surface area contributed by atoms with Crippen molar-refractivity contribution in [1.29, 1.82) is 0 Å². The largest absolute Gasteiger partial charge is 0.379 e. The quantitative estimate of drug-likeness (QED) is 0.0755. The molecule has 0 heterocycles. The summed E-state index contributed by atoms with van der Waals surface area (Å²) >= 11 is 0. The monoisotopic (exact) mass is 555 g/mol. The second kappa shape index (κ2) is 30.8. The highest BCUT2D eigenvalue weighted by atomic mass is 16.5. The molecule has 0 N–H and O–H groups in total. The van der Waals surface area contributed by atoms with Crippen LogP contribution < -0.4 is 0 Å². The fraction of sp³-hybridized carbons (Fsp3) is 1.00. The van der Waals surface area contributed by atoms with E-state index in [0.29, 0.717) is 6.61 Å². The maximum absolute atomic E-state index is 6.32. The van der Waals surface area contributed by atoms with Gasteiger partial charge in [-0.05, 0) is 33.6 Å². The Morgan fingerprint density at radius 3 is 1.21 bits per heavy atom. The number of ether oxygens (including phenoxy) is 3. The molecule has 0 aliphatic carbocycles. The minimum Gasteiger partial charge on any atom is -0.379 e. The van der Waals surface area contributed by atoms with Crippen LogP contribution in [0, 0.1) is 0 Å². The molecular formula is C36H74O3. The zero-order chi connectivity index (χ0) is 28.7. The van der Waals surface area contributed by atoms with Gasteiger partial charge in [0, 0.05) is 26.2 Å². The summed E-state index contributed by atoms with van der Waals surface area (Å²) in [6.45, 7) is 14.2. The zero-order valence-electron chi connectivity index (χ0n) is 27.8. The van der Waals surface area contributed by atoms with Gasteiger partial charge in [0.2, 0.25) is 0 Å². The molecule has 1 unspecified atom stereocenters. The van der Waals surface area contributed by atoms with E-state index in [4.69, 9.17) is 14.2 Å². The van der Waals surface area contributed by atoms with Gasteiger partial charge in [-0.15, -0.1) is 0 Å². The number of unbranched alkanes of at least 4 members (excludes halogenated alkanes) is 22. The van der Waals surface area contributed by atoms with Gasteiger partial charge in [0.05, 0.1) is 18.3 Å². The van der Waals surface area contributed by atoms with E-state index in [-0.39, 0.29) is 11.7 Å². The van der Waals surface area contributed by atoms with E-state index in [1.165, 1.54) is 154 Å². The highest BCUT2D eigenvalue weighted by molar-refractivity contribution is 4.75. The summed E-state index contributed by atoms with van der Waals surface area (Å²) in [6, 6.07) is 0. The van der Waals surface area contributed by atoms with Gasteiger partial charge in [-0.1, -0.05) is 155 Å². The normalized spacial score (nSPS) is 12.8. The van der Waals surface area contributed by atoms with Crippen LogP contribution in [-0.2, 0) is 14.2 Å². The summed E-state index contributed by atoms with van der Waals surface area (Å²) in [5.74, 6) is 0. The van der Waals surface area contributed by atoms with Crippen LogP contribution in [0.1, 0.15) is 195 Å². The van der Waals surface area contributed by atoms with E-state index >= 15 is 0 Å². The first kappa shape index (κ1) is 38.9. The predicted molar refractivity (Wildman–Crippen MR) is 173 cm³/mol. The Morgan fingerprint density at radius 1 is 0.462 bits per heavy atom.